The molecule has 1 aromatic carbocycles. The van der Waals surface area contributed by atoms with Gasteiger partial charge in [0.1, 0.15) is 24.4 Å². The Hall–Kier alpha value is -1.04. The second kappa shape index (κ2) is 15.7. The molecule has 2 fully saturated rings. The van der Waals surface area contributed by atoms with Crippen molar-refractivity contribution in [2.75, 3.05) is 13.2 Å². The van der Waals surface area contributed by atoms with E-state index in [1.165, 1.54) is 56.7 Å². The molecule has 0 saturated carbocycles. The summed E-state index contributed by atoms with van der Waals surface area (Å²) in [6.45, 7) is 5.28. The van der Waals surface area contributed by atoms with Gasteiger partial charge in [-0.3, -0.25) is 8.37 Å². The first kappa shape index (κ1) is 31.5. The fourth-order valence-corrected chi connectivity index (χ4v) is 7.03. The highest BCUT2D eigenvalue weighted by Gasteiger charge is 2.39. The lowest BCUT2D eigenvalue weighted by atomic mass is 10.1. The van der Waals surface area contributed by atoms with Crippen LogP contribution in [0.2, 0.25) is 0 Å². The zero-order valence-electron chi connectivity index (χ0n) is 23.0. The maximum Gasteiger partial charge on any atom is 0.297 e. The van der Waals surface area contributed by atoms with Crippen molar-refractivity contribution in [1.29, 1.82) is 0 Å². The van der Waals surface area contributed by atoms with Crippen LogP contribution in [0, 0.1) is 0 Å². The smallest absolute Gasteiger partial charge is 0.297 e. The van der Waals surface area contributed by atoms with Crippen LogP contribution in [-0.2, 0) is 38.1 Å². The fraction of sp³-hybridized carbons (Fsp3) is 0.786. The third kappa shape index (κ3) is 10.8. The van der Waals surface area contributed by atoms with Crippen LogP contribution in [0.4, 0.5) is 0 Å². The van der Waals surface area contributed by atoms with Gasteiger partial charge >= 0.3 is 0 Å². The van der Waals surface area contributed by atoms with Crippen LogP contribution in [0.5, 0.6) is 0 Å². The van der Waals surface area contributed by atoms with Gasteiger partial charge in [0.2, 0.25) is 0 Å². The molecule has 4 atom stereocenters. The van der Waals surface area contributed by atoms with Gasteiger partial charge in [-0.05, 0) is 31.0 Å². The van der Waals surface area contributed by atoms with Crippen molar-refractivity contribution in [3.05, 3.63) is 24.3 Å². The number of rotatable bonds is 22. The van der Waals surface area contributed by atoms with Gasteiger partial charge in [-0.2, -0.15) is 16.8 Å². The summed E-state index contributed by atoms with van der Waals surface area (Å²) in [7, 11) is -8.36. The van der Waals surface area contributed by atoms with Gasteiger partial charge in [0, 0.05) is 0 Å². The zero-order chi connectivity index (χ0) is 27.4. The standard InChI is InChI=1S/C28H46O8S2/c1-3-5-7-9-11-13-18-25(27-21-33-27)35-37(29,30)23-16-15-17-24(20-23)38(31,32)36-26(28-22-34-28)19-14-12-10-8-6-4-2/h15-17,20,25-28H,3-14,18-19,21-22H2,1-2H3. The Labute approximate surface area is 230 Å². The number of ether oxygens (including phenoxy) is 2. The molecule has 1 aromatic rings. The van der Waals surface area contributed by atoms with E-state index in [-0.39, 0.29) is 22.0 Å². The molecule has 3 rings (SSSR count). The van der Waals surface area contributed by atoms with E-state index in [2.05, 4.69) is 13.8 Å². The average molecular weight is 575 g/mol. The third-order valence-corrected chi connectivity index (χ3v) is 9.78. The molecule has 0 amide bonds. The summed E-state index contributed by atoms with van der Waals surface area (Å²) in [6, 6.07) is 5.22. The first-order valence-electron chi connectivity index (χ1n) is 14.5. The topological polar surface area (TPSA) is 112 Å². The van der Waals surface area contributed by atoms with Crippen LogP contribution < -0.4 is 0 Å². The van der Waals surface area contributed by atoms with Crippen LogP contribution in [0.25, 0.3) is 0 Å². The van der Waals surface area contributed by atoms with Gasteiger partial charge < -0.3 is 9.47 Å². The van der Waals surface area contributed by atoms with Crippen LogP contribution in [0.15, 0.2) is 34.1 Å². The van der Waals surface area contributed by atoms with Crippen LogP contribution in [0.1, 0.15) is 104 Å². The summed E-state index contributed by atoms with van der Waals surface area (Å²) >= 11 is 0. The fourth-order valence-electron chi connectivity index (χ4n) is 4.61. The highest BCUT2D eigenvalue weighted by Crippen LogP contribution is 2.29. The zero-order valence-corrected chi connectivity index (χ0v) is 24.6. The second-order valence-corrected chi connectivity index (χ2v) is 13.7. The minimum atomic E-state index is -4.18. The molecule has 2 saturated heterocycles. The second-order valence-electron chi connectivity index (χ2n) is 10.5. The molecule has 2 aliphatic heterocycles. The van der Waals surface area contributed by atoms with E-state index in [1.807, 2.05) is 0 Å². The number of epoxide rings is 2. The number of hydrogen-bond donors (Lipinski definition) is 0. The predicted octanol–water partition coefficient (Wildman–Crippen LogP) is 6.13. The van der Waals surface area contributed by atoms with Gasteiger partial charge in [-0.1, -0.05) is 97.0 Å². The molecule has 38 heavy (non-hydrogen) atoms. The first-order valence-corrected chi connectivity index (χ1v) is 17.3. The van der Waals surface area contributed by atoms with Crippen molar-refractivity contribution in [3.63, 3.8) is 0 Å². The molecular weight excluding hydrogens is 528 g/mol. The minimum absolute atomic E-state index is 0.203. The molecule has 2 heterocycles. The van der Waals surface area contributed by atoms with E-state index < -0.39 is 32.4 Å². The number of hydrogen-bond acceptors (Lipinski definition) is 8. The molecule has 2 aliphatic rings. The van der Waals surface area contributed by atoms with E-state index in [4.69, 9.17) is 17.8 Å². The van der Waals surface area contributed by atoms with E-state index in [1.54, 1.807) is 0 Å². The Morgan fingerprint density at radius 3 is 1.42 bits per heavy atom. The number of benzene rings is 1. The molecule has 0 bridgehead atoms. The summed E-state index contributed by atoms with van der Waals surface area (Å²) in [5.74, 6) is 0. The summed E-state index contributed by atoms with van der Waals surface area (Å²) < 4.78 is 74.1. The van der Waals surface area contributed by atoms with Gasteiger partial charge in [0.15, 0.2) is 0 Å². The highest BCUT2D eigenvalue weighted by atomic mass is 32.2. The van der Waals surface area contributed by atoms with Crippen molar-refractivity contribution in [2.24, 2.45) is 0 Å². The third-order valence-electron chi connectivity index (χ3n) is 7.12. The predicted molar refractivity (Wildman–Crippen MR) is 146 cm³/mol. The van der Waals surface area contributed by atoms with Crippen LogP contribution >= 0.6 is 0 Å². The maximum absolute atomic E-state index is 13.1. The SMILES string of the molecule is CCCCCCCCC(OS(=O)(=O)c1cccc(S(=O)(=O)OC(CCCCCCCC)C2CO2)c1)C1CO1. The largest absolute Gasteiger partial charge is 0.370 e. The van der Waals surface area contributed by atoms with E-state index >= 15 is 0 Å². The molecule has 10 heteroatoms. The molecule has 218 valence electrons. The number of unbranched alkanes of at least 4 members (excludes halogenated alkanes) is 10. The Morgan fingerprint density at radius 2 is 1.05 bits per heavy atom. The summed E-state index contributed by atoms with van der Waals surface area (Å²) in [5, 5.41) is 0. The lowest BCUT2D eigenvalue weighted by Crippen LogP contribution is -2.25. The van der Waals surface area contributed by atoms with Gasteiger partial charge in [0.05, 0.1) is 23.0 Å². The van der Waals surface area contributed by atoms with Gasteiger partial charge in [-0.25, -0.2) is 0 Å². The van der Waals surface area contributed by atoms with Gasteiger partial charge in [-0.15, -0.1) is 0 Å². The molecule has 0 aromatic heterocycles. The highest BCUT2D eigenvalue weighted by molar-refractivity contribution is 7.87. The molecule has 0 radical (unpaired) electrons. The monoisotopic (exact) mass is 574 g/mol. The molecule has 4 unspecified atom stereocenters. The lowest BCUT2D eigenvalue weighted by Gasteiger charge is -2.17. The summed E-state index contributed by atoms with van der Waals surface area (Å²) in [4.78, 5) is -0.406. The Kier molecular flexibility index (Phi) is 13.0. The van der Waals surface area contributed by atoms with Crippen molar-refractivity contribution in [1.82, 2.24) is 0 Å². The molecule has 8 nitrogen and oxygen atoms in total. The molecule has 0 spiro atoms. The average Bonchev–Trinajstić information content (AvgIpc) is 3.80. The first-order chi connectivity index (χ1) is 18.3. The van der Waals surface area contributed by atoms with Crippen molar-refractivity contribution >= 4 is 20.2 Å². The normalized spacial score (nSPS) is 20.8. The van der Waals surface area contributed by atoms with Gasteiger partial charge in [0.25, 0.3) is 20.2 Å². The maximum atomic E-state index is 13.1. The Morgan fingerprint density at radius 1 is 0.684 bits per heavy atom. The Balaban J connectivity index is 1.58. The van der Waals surface area contributed by atoms with E-state index in [9.17, 15) is 16.8 Å². The van der Waals surface area contributed by atoms with Crippen LogP contribution in [-0.4, -0.2) is 54.5 Å². The minimum Gasteiger partial charge on any atom is -0.370 e. The van der Waals surface area contributed by atoms with Crippen molar-refractivity contribution in [3.8, 4) is 0 Å². The quantitative estimate of drug-likeness (QED) is 0.0923. The molecule has 0 aliphatic carbocycles. The summed E-state index contributed by atoms with van der Waals surface area (Å²) in [5.41, 5.74) is 0. The van der Waals surface area contributed by atoms with E-state index in [0.717, 1.165) is 44.6 Å². The molecule has 0 N–H and O–H groups in total. The van der Waals surface area contributed by atoms with Crippen LogP contribution in [0.3, 0.4) is 0 Å². The Bertz CT molecular complexity index is 953. The summed E-state index contributed by atoms with van der Waals surface area (Å²) in [6.07, 6.45) is 12.6. The van der Waals surface area contributed by atoms with Crippen molar-refractivity contribution in [2.45, 2.75) is 138 Å². The molecular formula is C28H46O8S2. The lowest BCUT2D eigenvalue weighted by molar-refractivity contribution is 0.153. The van der Waals surface area contributed by atoms with Crippen molar-refractivity contribution < 1.29 is 34.7 Å². The van der Waals surface area contributed by atoms with E-state index in [0.29, 0.717) is 26.1 Å².